The van der Waals surface area contributed by atoms with Gasteiger partial charge >= 0.3 is 0 Å². The molecule has 0 fully saturated rings. The second-order valence-corrected chi connectivity index (χ2v) is 2.75. The third-order valence-corrected chi connectivity index (χ3v) is 2.05. The van der Waals surface area contributed by atoms with Crippen molar-refractivity contribution in [3.8, 4) is 0 Å². The Morgan fingerprint density at radius 2 is 2.40 bits per heavy atom. The van der Waals surface area contributed by atoms with E-state index in [2.05, 4.69) is 22.3 Å². The number of nitrogens with one attached hydrogen (secondary N) is 1. The number of aromatic amines is 1. The number of rotatable bonds is 0. The summed E-state index contributed by atoms with van der Waals surface area (Å²) in [6.45, 7) is 0. The van der Waals surface area contributed by atoms with E-state index in [-0.39, 0.29) is 0 Å². The Bertz CT molecular complexity index is 355. The van der Waals surface area contributed by atoms with Crippen LogP contribution in [0.3, 0.4) is 0 Å². The van der Waals surface area contributed by atoms with E-state index >= 15 is 0 Å². The van der Waals surface area contributed by atoms with Gasteiger partial charge in [-0.2, -0.15) is 5.10 Å². The van der Waals surface area contributed by atoms with Crippen molar-refractivity contribution in [3.63, 3.8) is 0 Å². The van der Waals surface area contributed by atoms with E-state index in [1.807, 2.05) is 6.20 Å². The number of fused-ring (bicyclic) bond motifs is 2. The summed E-state index contributed by atoms with van der Waals surface area (Å²) in [6, 6.07) is 0. The van der Waals surface area contributed by atoms with Gasteiger partial charge in [-0.25, -0.2) is 0 Å². The monoisotopic (exact) mass is 130 g/mol. The van der Waals surface area contributed by atoms with Crippen LogP contribution in [0.15, 0.2) is 23.4 Å². The number of hydrogen-bond acceptors (Lipinski definition) is 1. The molecule has 1 aromatic heterocycles. The topological polar surface area (TPSA) is 28.7 Å². The second kappa shape index (κ2) is 1.24. The van der Waals surface area contributed by atoms with Crippen LogP contribution in [0.25, 0.3) is 6.08 Å². The van der Waals surface area contributed by atoms with Gasteiger partial charge in [0.1, 0.15) is 0 Å². The van der Waals surface area contributed by atoms with Crippen molar-refractivity contribution in [1.82, 2.24) is 10.2 Å². The van der Waals surface area contributed by atoms with Gasteiger partial charge in [0.05, 0.1) is 6.20 Å². The van der Waals surface area contributed by atoms with Gasteiger partial charge in [0.25, 0.3) is 0 Å². The van der Waals surface area contributed by atoms with Gasteiger partial charge in [0.2, 0.25) is 0 Å². The number of aromatic nitrogens is 2. The minimum Gasteiger partial charge on any atom is -0.282 e. The Balaban J connectivity index is 2.27. The SMILES string of the molecule is C1=C2C=C2Cc2[nH]ncc21. The molecular formula is C8H6N2. The molecule has 1 N–H and O–H groups in total. The Morgan fingerprint density at radius 3 is 3.40 bits per heavy atom. The van der Waals surface area contributed by atoms with Crippen LogP contribution in [-0.4, -0.2) is 10.2 Å². The van der Waals surface area contributed by atoms with Gasteiger partial charge in [0.15, 0.2) is 0 Å². The van der Waals surface area contributed by atoms with Gasteiger partial charge < -0.3 is 0 Å². The van der Waals surface area contributed by atoms with Crippen molar-refractivity contribution < 1.29 is 0 Å². The van der Waals surface area contributed by atoms with Gasteiger partial charge in [-0.05, 0) is 17.2 Å². The molecule has 2 aliphatic carbocycles. The van der Waals surface area contributed by atoms with Crippen LogP contribution in [0.5, 0.6) is 0 Å². The van der Waals surface area contributed by atoms with Crippen LogP contribution in [-0.2, 0) is 6.42 Å². The molecule has 0 aliphatic heterocycles. The first kappa shape index (κ1) is 4.50. The third-order valence-electron chi connectivity index (χ3n) is 2.05. The molecule has 0 spiro atoms. The number of hydrogen-bond donors (Lipinski definition) is 1. The molecule has 0 saturated carbocycles. The predicted molar refractivity (Wildman–Crippen MR) is 38.4 cm³/mol. The summed E-state index contributed by atoms with van der Waals surface area (Å²) in [4.78, 5) is 0. The van der Waals surface area contributed by atoms with Gasteiger partial charge in [-0.1, -0.05) is 6.08 Å². The smallest absolute Gasteiger partial charge is 0.0563 e. The Labute approximate surface area is 58.3 Å². The van der Waals surface area contributed by atoms with Crippen molar-refractivity contribution in [1.29, 1.82) is 0 Å². The van der Waals surface area contributed by atoms with E-state index in [0.717, 1.165) is 6.42 Å². The molecule has 10 heavy (non-hydrogen) atoms. The standard InChI is InChI=1S/C8H6N2/c1-5-2-7-4-9-10-8(7)3-6(1)5/h1-2,4H,3H2,(H,9,10). The molecule has 1 aromatic rings. The quantitative estimate of drug-likeness (QED) is 0.563. The van der Waals surface area contributed by atoms with E-state index in [0.29, 0.717) is 0 Å². The van der Waals surface area contributed by atoms with E-state index in [1.165, 1.54) is 22.4 Å². The number of H-pyrrole nitrogens is 1. The fourth-order valence-corrected chi connectivity index (χ4v) is 1.39. The highest BCUT2D eigenvalue weighted by atomic mass is 15.1. The van der Waals surface area contributed by atoms with Crippen LogP contribution in [0.1, 0.15) is 11.3 Å². The van der Waals surface area contributed by atoms with Gasteiger partial charge in [-0.3, -0.25) is 5.10 Å². The summed E-state index contributed by atoms with van der Waals surface area (Å²) in [5.41, 5.74) is 5.39. The summed E-state index contributed by atoms with van der Waals surface area (Å²) in [6.07, 6.45) is 7.33. The fourth-order valence-electron chi connectivity index (χ4n) is 1.39. The molecule has 0 aromatic carbocycles. The highest BCUT2D eigenvalue weighted by molar-refractivity contribution is 5.77. The molecule has 0 saturated heterocycles. The first-order chi connectivity index (χ1) is 4.93. The van der Waals surface area contributed by atoms with E-state index in [1.54, 1.807) is 0 Å². The van der Waals surface area contributed by atoms with Crippen LogP contribution in [0, 0.1) is 0 Å². The summed E-state index contributed by atoms with van der Waals surface area (Å²) in [5, 5.41) is 6.94. The predicted octanol–water partition coefficient (Wildman–Crippen LogP) is 1.29. The molecule has 0 radical (unpaired) electrons. The first-order valence-electron chi connectivity index (χ1n) is 3.38. The Kier molecular flexibility index (Phi) is 0.556. The molecule has 48 valence electrons. The van der Waals surface area contributed by atoms with Crippen LogP contribution >= 0.6 is 0 Å². The van der Waals surface area contributed by atoms with E-state index in [9.17, 15) is 0 Å². The van der Waals surface area contributed by atoms with Crippen LogP contribution in [0.2, 0.25) is 0 Å². The Hall–Kier alpha value is -1.31. The summed E-state index contributed by atoms with van der Waals surface area (Å²) in [5.74, 6) is 0. The second-order valence-electron chi connectivity index (χ2n) is 2.75. The number of nitrogens with zero attached hydrogens (tertiary/aromatic N) is 1. The maximum Gasteiger partial charge on any atom is 0.0563 e. The summed E-state index contributed by atoms with van der Waals surface area (Å²) in [7, 11) is 0. The van der Waals surface area contributed by atoms with Crippen LogP contribution < -0.4 is 0 Å². The molecular weight excluding hydrogens is 124 g/mol. The number of allylic oxidation sites excluding steroid dienone is 3. The van der Waals surface area contributed by atoms with Gasteiger partial charge in [-0.15, -0.1) is 0 Å². The average molecular weight is 130 g/mol. The Morgan fingerprint density at radius 1 is 1.40 bits per heavy atom. The lowest BCUT2D eigenvalue weighted by molar-refractivity contribution is 1.00. The fraction of sp³-hybridized carbons (Fsp3) is 0.125. The highest BCUT2D eigenvalue weighted by Crippen LogP contribution is 2.37. The largest absolute Gasteiger partial charge is 0.282 e. The molecule has 2 aliphatic rings. The molecule has 2 nitrogen and oxygen atoms in total. The van der Waals surface area contributed by atoms with Crippen molar-refractivity contribution in [2.75, 3.05) is 0 Å². The first-order valence-corrected chi connectivity index (χ1v) is 3.38. The van der Waals surface area contributed by atoms with Crippen molar-refractivity contribution in [2.24, 2.45) is 0 Å². The van der Waals surface area contributed by atoms with Crippen molar-refractivity contribution >= 4 is 6.08 Å². The van der Waals surface area contributed by atoms with Crippen molar-refractivity contribution in [2.45, 2.75) is 6.42 Å². The highest BCUT2D eigenvalue weighted by Gasteiger charge is 2.23. The molecule has 2 heteroatoms. The van der Waals surface area contributed by atoms with Crippen LogP contribution in [0.4, 0.5) is 0 Å². The molecule has 0 amide bonds. The third kappa shape index (κ3) is 0.421. The zero-order valence-electron chi connectivity index (χ0n) is 5.39. The summed E-state index contributed by atoms with van der Waals surface area (Å²) >= 11 is 0. The maximum atomic E-state index is 3.96. The zero-order valence-corrected chi connectivity index (χ0v) is 5.39. The van der Waals surface area contributed by atoms with Crippen molar-refractivity contribution in [3.05, 3.63) is 34.7 Å². The minimum atomic E-state index is 1.06. The lowest BCUT2D eigenvalue weighted by Gasteiger charge is -1.99. The lowest BCUT2D eigenvalue weighted by atomic mass is 10.1. The molecule has 0 unspecified atom stereocenters. The molecule has 0 bridgehead atoms. The van der Waals surface area contributed by atoms with E-state index in [4.69, 9.17) is 0 Å². The minimum absolute atomic E-state index is 1.06. The molecule has 1 heterocycles. The average Bonchev–Trinajstić information content (AvgIpc) is 2.52. The molecule has 3 rings (SSSR count). The normalized spacial score (nSPS) is 18.8. The van der Waals surface area contributed by atoms with E-state index < -0.39 is 0 Å². The summed E-state index contributed by atoms with van der Waals surface area (Å²) < 4.78 is 0. The van der Waals surface area contributed by atoms with Gasteiger partial charge in [0, 0.05) is 17.7 Å². The zero-order chi connectivity index (χ0) is 6.55. The molecule has 0 atom stereocenters. The maximum absolute atomic E-state index is 3.96. The lowest BCUT2D eigenvalue weighted by Crippen LogP contribution is -1.90.